The zero-order valence-electron chi connectivity index (χ0n) is 13.3. The minimum atomic E-state index is -3.56. The molecule has 0 unspecified atom stereocenters. The lowest BCUT2D eigenvalue weighted by Gasteiger charge is -2.09. The van der Waals surface area contributed by atoms with Crippen LogP contribution in [0.1, 0.15) is 20.3 Å². The lowest BCUT2D eigenvalue weighted by Crippen LogP contribution is -2.38. The van der Waals surface area contributed by atoms with Crippen molar-refractivity contribution in [1.29, 1.82) is 0 Å². The van der Waals surface area contributed by atoms with Gasteiger partial charge in [-0.15, -0.1) is 24.0 Å². The van der Waals surface area contributed by atoms with Crippen molar-refractivity contribution >= 4 is 51.6 Å². The van der Waals surface area contributed by atoms with Crippen molar-refractivity contribution in [2.24, 2.45) is 16.6 Å². The van der Waals surface area contributed by atoms with Gasteiger partial charge in [0.25, 0.3) is 0 Å². The molecule has 0 aliphatic rings. The maximum Gasteiger partial charge on any atom is 0.240 e. The molecule has 0 saturated carbocycles. The molecule has 0 saturated heterocycles. The van der Waals surface area contributed by atoms with E-state index < -0.39 is 10.0 Å². The molecule has 0 heterocycles. The Morgan fingerprint density at radius 3 is 2.65 bits per heavy atom. The summed E-state index contributed by atoms with van der Waals surface area (Å²) in [5, 5.41) is 3.24. The summed E-state index contributed by atoms with van der Waals surface area (Å²) in [7, 11) is -3.56. The summed E-state index contributed by atoms with van der Waals surface area (Å²) in [4.78, 5) is 4.29. The van der Waals surface area contributed by atoms with Gasteiger partial charge in [-0.3, -0.25) is 4.99 Å². The molecule has 0 spiro atoms. The van der Waals surface area contributed by atoms with E-state index in [1.807, 2.05) is 0 Å². The Balaban J connectivity index is 0.00000484. The first-order valence-electron chi connectivity index (χ1n) is 7.10. The lowest BCUT2D eigenvalue weighted by atomic mass is 10.1. The number of rotatable bonds is 8. The van der Waals surface area contributed by atoms with Gasteiger partial charge in [0.2, 0.25) is 10.0 Å². The van der Waals surface area contributed by atoms with Gasteiger partial charge in [0.1, 0.15) is 0 Å². The highest BCUT2D eigenvalue weighted by atomic mass is 127. The minimum Gasteiger partial charge on any atom is -0.370 e. The van der Waals surface area contributed by atoms with Crippen LogP contribution >= 0.6 is 35.6 Å². The summed E-state index contributed by atoms with van der Waals surface area (Å²) in [5.41, 5.74) is 5.68. The van der Waals surface area contributed by atoms with Crippen LogP contribution in [0.2, 0.25) is 5.02 Å². The monoisotopic (exact) mass is 474 g/mol. The number of guanidine groups is 1. The molecular formula is C14H24ClIN4O2S. The molecule has 0 amide bonds. The third-order valence-electron chi connectivity index (χ3n) is 2.82. The second-order valence-corrected chi connectivity index (χ2v) is 7.43. The van der Waals surface area contributed by atoms with E-state index in [9.17, 15) is 8.42 Å². The fraction of sp³-hybridized carbons (Fsp3) is 0.500. The highest BCUT2D eigenvalue weighted by molar-refractivity contribution is 14.0. The van der Waals surface area contributed by atoms with Crippen molar-refractivity contribution in [2.45, 2.75) is 25.2 Å². The molecule has 1 aromatic carbocycles. The first-order valence-corrected chi connectivity index (χ1v) is 8.96. The number of sulfonamides is 1. The number of halogens is 2. The van der Waals surface area contributed by atoms with Crippen molar-refractivity contribution in [3.05, 3.63) is 29.3 Å². The molecule has 4 N–H and O–H groups in total. The molecule has 23 heavy (non-hydrogen) atoms. The van der Waals surface area contributed by atoms with Crippen molar-refractivity contribution in [2.75, 3.05) is 19.6 Å². The van der Waals surface area contributed by atoms with Crippen LogP contribution in [0.3, 0.4) is 0 Å². The second-order valence-electron chi connectivity index (χ2n) is 5.23. The molecule has 132 valence electrons. The Hall–Kier alpha value is -0.580. The van der Waals surface area contributed by atoms with Crippen molar-refractivity contribution < 1.29 is 8.42 Å². The van der Waals surface area contributed by atoms with Gasteiger partial charge < -0.3 is 11.1 Å². The van der Waals surface area contributed by atoms with Gasteiger partial charge in [-0.05, 0) is 30.5 Å². The molecular weight excluding hydrogens is 451 g/mol. The van der Waals surface area contributed by atoms with Gasteiger partial charge >= 0.3 is 0 Å². The van der Waals surface area contributed by atoms with Gasteiger partial charge in [0.05, 0.1) is 4.90 Å². The smallest absolute Gasteiger partial charge is 0.240 e. The average molecular weight is 475 g/mol. The fourth-order valence-electron chi connectivity index (χ4n) is 1.59. The van der Waals surface area contributed by atoms with Crippen LogP contribution in [-0.4, -0.2) is 34.0 Å². The predicted molar refractivity (Wildman–Crippen MR) is 106 cm³/mol. The molecule has 0 bridgehead atoms. The van der Waals surface area contributed by atoms with E-state index in [2.05, 4.69) is 28.9 Å². The van der Waals surface area contributed by atoms with Crippen molar-refractivity contribution in [1.82, 2.24) is 10.0 Å². The summed E-state index contributed by atoms with van der Waals surface area (Å²) in [6.45, 7) is 5.45. The van der Waals surface area contributed by atoms with E-state index in [0.717, 1.165) is 6.42 Å². The average Bonchev–Trinajstić information content (AvgIpc) is 2.43. The molecule has 9 heteroatoms. The Morgan fingerprint density at radius 1 is 1.35 bits per heavy atom. The van der Waals surface area contributed by atoms with Crippen LogP contribution in [0.4, 0.5) is 0 Å². The third kappa shape index (κ3) is 9.33. The first-order chi connectivity index (χ1) is 10.3. The van der Waals surface area contributed by atoms with Crippen LogP contribution in [0.15, 0.2) is 34.2 Å². The maximum atomic E-state index is 12.0. The van der Waals surface area contributed by atoms with Crippen LogP contribution in [0.25, 0.3) is 0 Å². The predicted octanol–water partition coefficient (Wildman–Crippen LogP) is 2.19. The molecule has 0 fully saturated rings. The normalized spacial score (nSPS) is 12.1. The quantitative estimate of drug-likeness (QED) is 0.233. The van der Waals surface area contributed by atoms with E-state index in [1.54, 1.807) is 12.1 Å². The number of hydrogen-bond acceptors (Lipinski definition) is 3. The summed E-state index contributed by atoms with van der Waals surface area (Å²) in [5.74, 6) is 0.892. The van der Waals surface area contributed by atoms with Crippen LogP contribution in [0, 0.1) is 5.92 Å². The molecule has 0 radical (unpaired) electrons. The molecule has 0 atom stereocenters. The van der Waals surface area contributed by atoms with Gasteiger partial charge in [0.15, 0.2) is 5.96 Å². The van der Waals surface area contributed by atoms with Crippen LogP contribution in [0.5, 0.6) is 0 Å². The molecule has 1 aromatic rings. The molecule has 6 nitrogen and oxygen atoms in total. The number of nitrogens with two attached hydrogens (primary N) is 1. The Bertz CT molecular complexity index is 609. The van der Waals surface area contributed by atoms with Gasteiger partial charge in [-0.1, -0.05) is 31.5 Å². The fourth-order valence-corrected chi connectivity index (χ4v) is 2.92. The van der Waals surface area contributed by atoms with Crippen molar-refractivity contribution in [3.63, 3.8) is 0 Å². The first kappa shape index (κ1) is 22.4. The highest BCUT2D eigenvalue weighted by Crippen LogP contribution is 2.14. The SMILES string of the molecule is CC(C)CCN=C(N)NCCNS(=O)(=O)c1cccc(Cl)c1.I. The number of hydrogen-bond donors (Lipinski definition) is 3. The molecule has 0 aliphatic carbocycles. The molecule has 1 rings (SSSR count). The van der Waals surface area contributed by atoms with Gasteiger partial charge in [-0.2, -0.15) is 0 Å². The van der Waals surface area contributed by atoms with E-state index in [1.165, 1.54) is 12.1 Å². The maximum absolute atomic E-state index is 12.0. The second kappa shape index (κ2) is 11.1. The standard InChI is InChI=1S/C14H23ClN4O2S.HI/c1-11(2)6-7-17-14(16)18-8-9-19-22(20,21)13-5-3-4-12(15)10-13;/h3-5,10-11,19H,6-9H2,1-2H3,(H3,16,17,18);1H. The summed E-state index contributed by atoms with van der Waals surface area (Å²) < 4.78 is 26.5. The highest BCUT2D eigenvalue weighted by Gasteiger charge is 2.13. The topological polar surface area (TPSA) is 96.6 Å². The third-order valence-corrected chi connectivity index (χ3v) is 4.51. The zero-order valence-corrected chi connectivity index (χ0v) is 17.2. The molecule has 0 aliphatic heterocycles. The van der Waals surface area contributed by atoms with E-state index >= 15 is 0 Å². The minimum absolute atomic E-state index is 0. The van der Waals surface area contributed by atoms with E-state index in [0.29, 0.717) is 30.0 Å². The number of nitrogens with one attached hydrogen (secondary N) is 2. The van der Waals surface area contributed by atoms with Gasteiger partial charge in [-0.25, -0.2) is 13.1 Å². The van der Waals surface area contributed by atoms with Crippen LogP contribution < -0.4 is 15.8 Å². The van der Waals surface area contributed by atoms with E-state index in [-0.39, 0.29) is 35.4 Å². The summed E-state index contributed by atoms with van der Waals surface area (Å²) in [6.07, 6.45) is 0.962. The van der Waals surface area contributed by atoms with E-state index in [4.69, 9.17) is 17.3 Å². The Kier molecular flexibility index (Phi) is 10.8. The molecule has 0 aromatic heterocycles. The van der Waals surface area contributed by atoms with Crippen LogP contribution in [-0.2, 0) is 10.0 Å². The largest absolute Gasteiger partial charge is 0.370 e. The van der Waals surface area contributed by atoms with Crippen molar-refractivity contribution in [3.8, 4) is 0 Å². The number of benzene rings is 1. The number of nitrogens with zero attached hydrogens (tertiary/aromatic N) is 1. The lowest BCUT2D eigenvalue weighted by molar-refractivity contribution is 0.580. The Labute approximate surface area is 160 Å². The zero-order chi connectivity index (χ0) is 16.6. The van der Waals surface area contributed by atoms with Gasteiger partial charge in [0, 0.05) is 24.7 Å². The summed E-state index contributed by atoms with van der Waals surface area (Å²) in [6, 6.07) is 6.10. The summed E-state index contributed by atoms with van der Waals surface area (Å²) >= 11 is 5.79. The number of aliphatic imine (C=N–C) groups is 1. The Morgan fingerprint density at radius 2 is 2.04 bits per heavy atom.